The maximum atomic E-state index is 11.8. The summed E-state index contributed by atoms with van der Waals surface area (Å²) in [7, 11) is 0. The number of carbonyl (C=O) groups is 1. The lowest BCUT2D eigenvalue weighted by Crippen LogP contribution is -2.37. The Morgan fingerprint density at radius 1 is 1.47 bits per heavy atom. The van der Waals surface area contributed by atoms with Crippen LogP contribution in [0.3, 0.4) is 0 Å². The first-order valence-corrected chi connectivity index (χ1v) is 5.99. The molecule has 0 spiro atoms. The number of rotatable bonds is 3. The molecule has 4 heteroatoms. The Morgan fingerprint density at radius 3 is 2.59 bits per heavy atom. The molecule has 2 atom stereocenters. The fourth-order valence-electron chi connectivity index (χ4n) is 1.96. The molecule has 0 saturated carbocycles. The molecule has 0 radical (unpaired) electrons. The molecule has 17 heavy (non-hydrogen) atoms. The second-order valence-corrected chi connectivity index (χ2v) is 4.44. The first kappa shape index (κ1) is 12.1. The van der Waals surface area contributed by atoms with Crippen molar-refractivity contribution in [2.45, 2.75) is 38.8 Å². The Kier molecular flexibility index (Phi) is 3.45. The molecular weight excluding hydrogens is 216 g/mol. The van der Waals surface area contributed by atoms with Crippen molar-refractivity contribution >= 4 is 11.6 Å². The van der Waals surface area contributed by atoms with Crippen LogP contribution < -0.4 is 10.4 Å². The molecule has 1 heterocycles. The van der Waals surface area contributed by atoms with Gasteiger partial charge in [0, 0.05) is 12.5 Å². The van der Waals surface area contributed by atoms with Gasteiger partial charge in [0.05, 0.1) is 11.8 Å². The zero-order valence-electron chi connectivity index (χ0n) is 10.2. The van der Waals surface area contributed by atoms with Gasteiger partial charge in [-0.1, -0.05) is 19.1 Å². The van der Waals surface area contributed by atoms with Gasteiger partial charge in [0.2, 0.25) is 5.91 Å². The van der Waals surface area contributed by atoms with Crippen LogP contribution in [-0.2, 0) is 4.79 Å². The van der Waals surface area contributed by atoms with Crippen molar-refractivity contribution in [3.63, 3.8) is 0 Å². The summed E-state index contributed by atoms with van der Waals surface area (Å²) in [5.41, 5.74) is 4.86. The summed E-state index contributed by atoms with van der Waals surface area (Å²) >= 11 is 0. The Bertz CT molecular complexity index is 400. The van der Waals surface area contributed by atoms with Crippen LogP contribution in [0, 0.1) is 0 Å². The van der Waals surface area contributed by atoms with Gasteiger partial charge in [0.15, 0.2) is 0 Å². The summed E-state index contributed by atoms with van der Waals surface area (Å²) in [5.74, 6) is 0.0987. The van der Waals surface area contributed by atoms with Gasteiger partial charge in [-0.2, -0.15) is 0 Å². The number of nitrogens with zero attached hydrogens (tertiary/aromatic N) is 1. The van der Waals surface area contributed by atoms with Crippen molar-refractivity contribution in [2.75, 3.05) is 5.01 Å². The van der Waals surface area contributed by atoms with Crippen LogP contribution in [0.2, 0.25) is 0 Å². The van der Waals surface area contributed by atoms with Gasteiger partial charge in [0.1, 0.15) is 0 Å². The van der Waals surface area contributed by atoms with E-state index < -0.39 is 6.10 Å². The summed E-state index contributed by atoms with van der Waals surface area (Å²) in [5, 5.41) is 11.0. The van der Waals surface area contributed by atoms with Gasteiger partial charge in [-0.25, -0.2) is 10.4 Å². The standard InChI is InChI=1S/C13H18N2O2/c1-3-11-8-13(17)15(14-11)12-6-4-10(5-7-12)9(2)16/h4-7,9,11,14,16H,3,8H2,1-2H3. The molecule has 0 aromatic heterocycles. The maximum absolute atomic E-state index is 11.8. The monoisotopic (exact) mass is 234 g/mol. The van der Waals surface area contributed by atoms with Crippen molar-refractivity contribution in [3.05, 3.63) is 29.8 Å². The number of nitrogens with one attached hydrogen (secondary N) is 1. The average Bonchev–Trinajstić information content (AvgIpc) is 2.71. The first-order chi connectivity index (χ1) is 8.11. The molecule has 4 nitrogen and oxygen atoms in total. The Balaban J connectivity index is 2.15. The van der Waals surface area contributed by atoms with Gasteiger partial charge in [-0.05, 0) is 31.0 Å². The summed E-state index contributed by atoms with van der Waals surface area (Å²) in [6.45, 7) is 3.78. The van der Waals surface area contributed by atoms with Crippen LogP contribution in [-0.4, -0.2) is 17.1 Å². The Hall–Kier alpha value is -1.39. The van der Waals surface area contributed by atoms with Gasteiger partial charge >= 0.3 is 0 Å². The normalized spacial score (nSPS) is 21.9. The lowest BCUT2D eigenvalue weighted by molar-refractivity contribution is -0.117. The quantitative estimate of drug-likeness (QED) is 0.838. The summed E-state index contributed by atoms with van der Waals surface area (Å²) in [6.07, 6.45) is 1.01. The third kappa shape index (κ3) is 2.48. The number of hydrogen-bond acceptors (Lipinski definition) is 3. The largest absolute Gasteiger partial charge is 0.389 e. The molecule has 2 unspecified atom stereocenters. The van der Waals surface area contributed by atoms with E-state index in [1.54, 1.807) is 11.9 Å². The van der Waals surface area contributed by atoms with E-state index in [2.05, 4.69) is 12.3 Å². The molecule has 92 valence electrons. The minimum absolute atomic E-state index is 0.0987. The molecule has 1 aliphatic rings. The van der Waals surface area contributed by atoms with Crippen LogP contribution >= 0.6 is 0 Å². The number of aliphatic hydroxyl groups excluding tert-OH is 1. The molecule has 1 amide bonds. The van der Waals surface area contributed by atoms with Crippen molar-refractivity contribution in [1.29, 1.82) is 0 Å². The third-order valence-electron chi connectivity index (χ3n) is 3.11. The van der Waals surface area contributed by atoms with Gasteiger partial charge in [0.25, 0.3) is 0 Å². The molecule has 0 bridgehead atoms. The first-order valence-electron chi connectivity index (χ1n) is 5.99. The number of benzene rings is 1. The number of amides is 1. The van der Waals surface area contributed by atoms with Crippen molar-refractivity contribution in [3.8, 4) is 0 Å². The number of carbonyl (C=O) groups excluding carboxylic acids is 1. The molecule has 1 saturated heterocycles. The van der Waals surface area contributed by atoms with Gasteiger partial charge in [-0.3, -0.25) is 4.79 Å². The minimum atomic E-state index is -0.477. The SMILES string of the molecule is CCC1CC(=O)N(c2ccc(C(C)O)cc2)N1. The van der Waals surface area contributed by atoms with E-state index in [4.69, 9.17) is 0 Å². The fraction of sp³-hybridized carbons (Fsp3) is 0.462. The van der Waals surface area contributed by atoms with Crippen molar-refractivity contribution in [2.24, 2.45) is 0 Å². The molecular formula is C13H18N2O2. The van der Waals surface area contributed by atoms with Crippen LogP contribution in [0.15, 0.2) is 24.3 Å². The zero-order valence-corrected chi connectivity index (χ0v) is 10.2. The lowest BCUT2D eigenvalue weighted by Gasteiger charge is -2.18. The smallest absolute Gasteiger partial charge is 0.243 e. The molecule has 2 rings (SSSR count). The van der Waals surface area contributed by atoms with E-state index in [0.717, 1.165) is 17.7 Å². The van der Waals surface area contributed by atoms with Crippen LogP contribution in [0.1, 0.15) is 38.4 Å². The second kappa shape index (κ2) is 4.85. The molecule has 1 aromatic carbocycles. The summed E-state index contributed by atoms with van der Waals surface area (Å²) in [6, 6.07) is 7.62. The summed E-state index contributed by atoms with van der Waals surface area (Å²) < 4.78 is 0. The van der Waals surface area contributed by atoms with E-state index in [1.165, 1.54) is 0 Å². The highest BCUT2D eigenvalue weighted by atomic mass is 16.3. The maximum Gasteiger partial charge on any atom is 0.243 e. The Morgan fingerprint density at radius 2 is 2.12 bits per heavy atom. The fourth-order valence-corrected chi connectivity index (χ4v) is 1.96. The van der Waals surface area contributed by atoms with E-state index in [0.29, 0.717) is 6.42 Å². The Labute approximate surface area is 101 Å². The van der Waals surface area contributed by atoms with Gasteiger partial charge in [-0.15, -0.1) is 0 Å². The molecule has 1 aliphatic heterocycles. The molecule has 2 N–H and O–H groups in total. The molecule has 1 aromatic rings. The number of anilines is 1. The third-order valence-corrected chi connectivity index (χ3v) is 3.11. The summed E-state index contributed by atoms with van der Waals surface area (Å²) in [4.78, 5) is 11.8. The number of aliphatic hydroxyl groups is 1. The van der Waals surface area contributed by atoms with E-state index in [1.807, 2.05) is 24.3 Å². The zero-order chi connectivity index (χ0) is 12.4. The number of hydrogen-bond donors (Lipinski definition) is 2. The lowest BCUT2D eigenvalue weighted by atomic mass is 10.1. The predicted octanol–water partition coefficient (Wildman–Crippen LogP) is 1.76. The highest BCUT2D eigenvalue weighted by molar-refractivity contribution is 5.94. The number of hydrazine groups is 1. The molecule has 0 aliphatic carbocycles. The predicted molar refractivity (Wildman–Crippen MR) is 66.4 cm³/mol. The van der Waals surface area contributed by atoms with E-state index >= 15 is 0 Å². The molecule has 1 fully saturated rings. The van der Waals surface area contributed by atoms with Crippen molar-refractivity contribution in [1.82, 2.24) is 5.43 Å². The second-order valence-electron chi connectivity index (χ2n) is 4.44. The van der Waals surface area contributed by atoms with Crippen LogP contribution in [0.25, 0.3) is 0 Å². The van der Waals surface area contributed by atoms with E-state index in [-0.39, 0.29) is 11.9 Å². The topological polar surface area (TPSA) is 52.6 Å². The van der Waals surface area contributed by atoms with Crippen LogP contribution in [0.5, 0.6) is 0 Å². The minimum Gasteiger partial charge on any atom is -0.389 e. The highest BCUT2D eigenvalue weighted by Gasteiger charge is 2.28. The van der Waals surface area contributed by atoms with Crippen LogP contribution in [0.4, 0.5) is 5.69 Å². The average molecular weight is 234 g/mol. The van der Waals surface area contributed by atoms with E-state index in [9.17, 15) is 9.90 Å². The van der Waals surface area contributed by atoms with Gasteiger partial charge < -0.3 is 5.11 Å². The highest BCUT2D eigenvalue weighted by Crippen LogP contribution is 2.22. The van der Waals surface area contributed by atoms with Crippen molar-refractivity contribution < 1.29 is 9.90 Å².